The number of fused-ring (bicyclic) bond motifs is 1. The van der Waals surface area contributed by atoms with Gasteiger partial charge >= 0.3 is 5.97 Å². The predicted octanol–water partition coefficient (Wildman–Crippen LogP) is 3.65. The number of nitrogens with zero attached hydrogens (tertiary/aromatic N) is 2. The Morgan fingerprint density at radius 1 is 1.36 bits per heavy atom. The Kier molecular flexibility index (Phi) is 4.72. The average molecular weight is 360 g/mol. The summed E-state index contributed by atoms with van der Waals surface area (Å²) in [6.07, 6.45) is 2.88. The van der Waals surface area contributed by atoms with Crippen LogP contribution in [0.4, 0.5) is 10.1 Å². The summed E-state index contributed by atoms with van der Waals surface area (Å²) >= 11 is 6.11. The first-order valence-corrected chi connectivity index (χ1v) is 7.81. The van der Waals surface area contributed by atoms with Gasteiger partial charge in [-0.1, -0.05) is 17.7 Å². The van der Waals surface area contributed by atoms with E-state index in [0.29, 0.717) is 22.9 Å². The van der Waals surface area contributed by atoms with Crippen LogP contribution in [0.2, 0.25) is 5.02 Å². The van der Waals surface area contributed by atoms with Crippen molar-refractivity contribution < 1.29 is 13.9 Å². The average Bonchev–Trinajstić information content (AvgIpc) is 2.92. The number of methoxy groups -OCH3 is 1. The second kappa shape index (κ2) is 6.94. The number of anilines is 1. The number of benzene rings is 2. The largest absolute Gasteiger partial charge is 0.466 e. The number of carbonyl (C=O) groups excluding carboxylic acids is 1. The molecule has 0 unspecified atom stereocenters. The van der Waals surface area contributed by atoms with Crippen LogP contribution in [-0.4, -0.2) is 22.9 Å². The van der Waals surface area contributed by atoms with Crippen molar-refractivity contribution in [3.63, 3.8) is 0 Å². The fraction of sp³-hybridized carbons (Fsp3) is 0.111. The van der Waals surface area contributed by atoms with Gasteiger partial charge in [0, 0.05) is 22.2 Å². The number of nitrogens with two attached hydrogens (primary N) is 1. The van der Waals surface area contributed by atoms with Crippen LogP contribution < -0.4 is 5.73 Å². The lowest BCUT2D eigenvalue weighted by Crippen LogP contribution is -2.03. The molecule has 7 heteroatoms. The summed E-state index contributed by atoms with van der Waals surface area (Å²) in [4.78, 5) is 11.3. The van der Waals surface area contributed by atoms with Crippen molar-refractivity contribution in [1.29, 1.82) is 0 Å². The van der Waals surface area contributed by atoms with Gasteiger partial charge in [-0.2, -0.15) is 5.10 Å². The zero-order valence-corrected chi connectivity index (χ0v) is 14.1. The molecule has 0 aliphatic carbocycles. The van der Waals surface area contributed by atoms with E-state index < -0.39 is 11.8 Å². The molecule has 128 valence electrons. The highest BCUT2D eigenvalue weighted by Crippen LogP contribution is 2.25. The van der Waals surface area contributed by atoms with E-state index >= 15 is 0 Å². The molecule has 0 aliphatic heterocycles. The van der Waals surface area contributed by atoms with Gasteiger partial charge in [0.2, 0.25) is 0 Å². The summed E-state index contributed by atoms with van der Waals surface area (Å²) < 4.78 is 19.5. The lowest BCUT2D eigenvalue weighted by molar-refractivity contribution is -0.134. The maximum Gasteiger partial charge on any atom is 0.330 e. The van der Waals surface area contributed by atoms with Crippen LogP contribution in [0, 0.1) is 5.82 Å². The Bertz CT molecular complexity index is 982. The van der Waals surface area contributed by atoms with E-state index in [9.17, 15) is 9.18 Å². The van der Waals surface area contributed by atoms with Crippen LogP contribution in [0.1, 0.15) is 11.3 Å². The van der Waals surface area contributed by atoms with Crippen molar-refractivity contribution in [2.24, 2.45) is 0 Å². The quantitative estimate of drug-likeness (QED) is 0.438. The van der Waals surface area contributed by atoms with Gasteiger partial charge in [0.15, 0.2) is 0 Å². The number of nitrogen functional groups attached to an aromatic ring is 1. The molecule has 3 aromatic rings. The molecule has 1 heterocycles. The molecule has 0 aliphatic rings. The lowest BCUT2D eigenvalue weighted by atomic mass is 10.1. The molecule has 5 nitrogen and oxygen atoms in total. The van der Waals surface area contributed by atoms with Gasteiger partial charge in [-0.15, -0.1) is 0 Å². The minimum Gasteiger partial charge on any atom is -0.466 e. The van der Waals surface area contributed by atoms with Crippen LogP contribution in [0.5, 0.6) is 0 Å². The molecule has 2 N–H and O–H groups in total. The number of carbonyl (C=O) groups is 1. The monoisotopic (exact) mass is 359 g/mol. The molecule has 1 aromatic heterocycles. The van der Waals surface area contributed by atoms with Crippen molar-refractivity contribution in [2.75, 3.05) is 12.8 Å². The normalized spacial score (nSPS) is 11.3. The minimum atomic E-state index is -0.472. The summed E-state index contributed by atoms with van der Waals surface area (Å²) in [7, 11) is 1.31. The number of aromatic nitrogens is 2. The molecule has 0 amide bonds. The van der Waals surface area contributed by atoms with Gasteiger partial charge in [0.1, 0.15) is 5.82 Å². The highest BCUT2D eigenvalue weighted by molar-refractivity contribution is 6.31. The van der Waals surface area contributed by atoms with Crippen LogP contribution in [-0.2, 0) is 16.1 Å². The summed E-state index contributed by atoms with van der Waals surface area (Å²) in [5.41, 5.74) is 8.56. The molecule has 2 aromatic carbocycles. The molecule has 25 heavy (non-hydrogen) atoms. The zero-order chi connectivity index (χ0) is 18.0. The van der Waals surface area contributed by atoms with Crippen LogP contribution in [0.15, 0.2) is 42.5 Å². The van der Waals surface area contributed by atoms with E-state index in [4.69, 9.17) is 17.3 Å². The Morgan fingerprint density at radius 3 is 2.88 bits per heavy atom. The third kappa shape index (κ3) is 3.64. The zero-order valence-electron chi connectivity index (χ0n) is 13.4. The summed E-state index contributed by atoms with van der Waals surface area (Å²) in [5, 5.41) is 5.65. The first-order chi connectivity index (χ1) is 12.0. The molecular formula is C18H15ClFN3O2. The molecular weight excluding hydrogens is 345 g/mol. The van der Waals surface area contributed by atoms with Gasteiger partial charge in [-0.3, -0.25) is 4.68 Å². The summed E-state index contributed by atoms with van der Waals surface area (Å²) in [6, 6.07) is 9.59. The number of hydrogen-bond acceptors (Lipinski definition) is 4. The van der Waals surface area contributed by atoms with Crippen molar-refractivity contribution in [2.45, 2.75) is 6.54 Å². The second-order valence-electron chi connectivity index (χ2n) is 5.41. The molecule has 0 fully saturated rings. The fourth-order valence-corrected chi connectivity index (χ4v) is 2.71. The molecule has 0 atom stereocenters. The molecule has 3 rings (SSSR count). The standard InChI is InChI=1S/C18H15ClFN3O2/c1-25-18(24)7-6-16-14-5-4-13(21)9-17(14)23(22-16)10-11-2-3-12(20)8-15(11)19/h2-9H,10,21H2,1H3/b7-6+. The fourth-order valence-electron chi connectivity index (χ4n) is 2.49. The Labute approximate surface area is 148 Å². The van der Waals surface area contributed by atoms with E-state index in [0.717, 1.165) is 16.5 Å². The van der Waals surface area contributed by atoms with E-state index in [1.807, 2.05) is 6.07 Å². The highest BCUT2D eigenvalue weighted by atomic mass is 35.5. The number of rotatable bonds is 4. The van der Waals surface area contributed by atoms with Gasteiger partial charge in [-0.25, -0.2) is 9.18 Å². The second-order valence-corrected chi connectivity index (χ2v) is 5.82. The van der Waals surface area contributed by atoms with Crippen molar-refractivity contribution in [3.05, 3.63) is 64.6 Å². The van der Waals surface area contributed by atoms with Gasteiger partial charge in [0.25, 0.3) is 0 Å². The predicted molar refractivity (Wildman–Crippen MR) is 95.7 cm³/mol. The van der Waals surface area contributed by atoms with Crippen LogP contribution in [0.25, 0.3) is 17.0 Å². The van der Waals surface area contributed by atoms with Crippen LogP contribution in [0.3, 0.4) is 0 Å². The van der Waals surface area contributed by atoms with E-state index in [2.05, 4.69) is 9.84 Å². The smallest absolute Gasteiger partial charge is 0.330 e. The Balaban J connectivity index is 2.06. The molecule has 0 spiro atoms. The lowest BCUT2D eigenvalue weighted by Gasteiger charge is -2.06. The maximum absolute atomic E-state index is 13.2. The summed E-state index contributed by atoms with van der Waals surface area (Å²) in [5.74, 6) is -0.871. The first kappa shape index (κ1) is 17.0. The Hall–Kier alpha value is -2.86. The third-order valence-electron chi connectivity index (χ3n) is 3.72. The number of esters is 1. The van der Waals surface area contributed by atoms with Crippen LogP contribution >= 0.6 is 11.6 Å². The topological polar surface area (TPSA) is 70.1 Å². The maximum atomic E-state index is 13.2. The molecule has 0 bridgehead atoms. The SMILES string of the molecule is COC(=O)/C=C/c1nn(Cc2ccc(F)cc2Cl)c2cc(N)ccc12. The van der Waals surface area contributed by atoms with Gasteiger partial charge < -0.3 is 10.5 Å². The summed E-state index contributed by atoms with van der Waals surface area (Å²) in [6.45, 7) is 0.338. The van der Waals surface area contributed by atoms with E-state index in [1.54, 1.807) is 29.0 Å². The third-order valence-corrected chi connectivity index (χ3v) is 4.07. The first-order valence-electron chi connectivity index (χ1n) is 7.44. The number of ether oxygens (including phenoxy) is 1. The highest BCUT2D eigenvalue weighted by Gasteiger charge is 2.12. The molecule has 0 saturated heterocycles. The van der Waals surface area contributed by atoms with Gasteiger partial charge in [0.05, 0.1) is 24.9 Å². The van der Waals surface area contributed by atoms with E-state index in [1.165, 1.54) is 25.3 Å². The molecule has 0 radical (unpaired) electrons. The number of halogens is 2. The van der Waals surface area contributed by atoms with Crippen molar-refractivity contribution >= 4 is 40.2 Å². The van der Waals surface area contributed by atoms with E-state index in [-0.39, 0.29) is 0 Å². The van der Waals surface area contributed by atoms with Crippen molar-refractivity contribution in [3.8, 4) is 0 Å². The molecule has 0 saturated carbocycles. The Morgan fingerprint density at radius 2 is 2.16 bits per heavy atom. The van der Waals surface area contributed by atoms with Crippen molar-refractivity contribution in [1.82, 2.24) is 9.78 Å². The minimum absolute atomic E-state index is 0.319. The van der Waals surface area contributed by atoms with Gasteiger partial charge in [-0.05, 0) is 42.0 Å². The number of hydrogen-bond donors (Lipinski definition) is 1.